The number of hydrogen-bond donors (Lipinski definition) is 1. The third-order valence-corrected chi connectivity index (χ3v) is 3.27. The molecule has 0 atom stereocenters. The highest BCUT2D eigenvalue weighted by Crippen LogP contribution is 2.26. The number of carbonyl (C=O) groups is 2. The number of methoxy groups -OCH3 is 1. The van der Waals surface area contributed by atoms with E-state index in [-0.39, 0.29) is 30.2 Å². The van der Waals surface area contributed by atoms with E-state index in [0.717, 1.165) is 0 Å². The van der Waals surface area contributed by atoms with Gasteiger partial charge in [0, 0.05) is 12.1 Å². The first-order valence-corrected chi connectivity index (χ1v) is 7.36. The molecule has 0 fully saturated rings. The molecule has 0 saturated heterocycles. The number of amides is 1. The molecule has 0 spiro atoms. The van der Waals surface area contributed by atoms with Gasteiger partial charge in [-0.3, -0.25) is 9.59 Å². The van der Waals surface area contributed by atoms with Crippen molar-refractivity contribution >= 4 is 11.9 Å². The second-order valence-electron chi connectivity index (χ2n) is 4.93. The molecule has 25 heavy (non-hydrogen) atoms. The van der Waals surface area contributed by atoms with Crippen LogP contribution in [0.4, 0.5) is 4.39 Å². The second kappa shape index (κ2) is 8.45. The largest absolute Gasteiger partial charge is 0.469 e. The summed E-state index contributed by atoms with van der Waals surface area (Å²) in [5, 5.41) is 11.6. The van der Waals surface area contributed by atoms with Crippen LogP contribution in [0.5, 0.6) is 11.5 Å². The van der Waals surface area contributed by atoms with Crippen LogP contribution in [0.1, 0.15) is 22.3 Å². The van der Waals surface area contributed by atoms with Crippen LogP contribution in [0.2, 0.25) is 0 Å². The number of hydrogen-bond acceptors (Lipinski definition) is 5. The zero-order chi connectivity index (χ0) is 18.2. The molecule has 0 saturated carbocycles. The second-order valence-corrected chi connectivity index (χ2v) is 4.93. The smallest absolute Gasteiger partial charge is 0.307 e. The van der Waals surface area contributed by atoms with Crippen molar-refractivity contribution in [2.75, 3.05) is 13.7 Å². The first-order valence-electron chi connectivity index (χ1n) is 7.36. The van der Waals surface area contributed by atoms with Gasteiger partial charge in [0.1, 0.15) is 28.9 Å². The predicted octanol–water partition coefficient (Wildman–Crippen LogP) is 2.78. The number of nitriles is 1. The average molecular weight is 342 g/mol. The molecule has 1 amide bonds. The van der Waals surface area contributed by atoms with Crippen LogP contribution < -0.4 is 10.1 Å². The minimum absolute atomic E-state index is 0.0833. The number of esters is 1. The molecule has 2 rings (SSSR count). The fourth-order valence-electron chi connectivity index (χ4n) is 1.98. The number of halogens is 1. The maximum absolute atomic E-state index is 13.5. The van der Waals surface area contributed by atoms with E-state index in [0.29, 0.717) is 11.3 Å². The zero-order valence-electron chi connectivity index (χ0n) is 13.4. The normalized spacial score (nSPS) is 9.80. The van der Waals surface area contributed by atoms with Crippen molar-refractivity contribution in [3.8, 4) is 17.6 Å². The molecule has 0 aromatic heterocycles. The van der Waals surface area contributed by atoms with Gasteiger partial charge in [-0.2, -0.15) is 5.26 Å². The van der Waals surface area contributed by atoms with Crippen LogP contribution in [0, 0.1) is 17.1 Å². The molecule has 0 aliphatic heterocycles. The van der Waals surface area contributed by atoms with Crippen LogP contribution >= 0.6 is 0 Å². The summed E-state index contributed by atoms with van der Waals surface area (Å²) in [6.07, 6.45) is 0.0833. The molecule has 128 valence electrons. The number of nitrogens with zero attached hydrogens (tertiary/aromatic N) is 1. The van der Waals surface area contributed by atoms with Gasteiger partial charge in [0.2, 0.25) is 0 Å². The van der Waals surface area contributed by atoms with E-state index in [9.17, 15) is 14.0 Å². The van der Waals surface area contributed by atoms with Crippen LogP contribution in [-0.2, 0) is 9.53 Å². The minimum atomic E-state index is -0.665. The summed E-state index contributed by atoms with van der Waals surface area (Å²) in [7, 11) is 1.28. The Morgan fingerprint density at radius 2 is 1.92 bits per heavy atom. The third-order valence-electron chi connectivity index (χ3n) is 3.27. The molecular formula is C18H15FN2O4. The van der Waals surface area contributed by atoms with Crippen molar-refractivity contribution in [2.45, 2.75) is 6.42 Å². The maximum atomic E-state index is 13.5. The summed E-state index contributed by atoms with van der Waals surface area (Å²) in [5.74, 6) is -0.973. The molecule has 0 bridgehead atoms. The summed E-state index contributed by atoms with van der Waals surface area (Å²) >= 11 is 0. The molecule has 2 aromatic carbocycles. The SMILES string of the molecule is COC(=O)CCNC(=O)c1ccc(Oc2cccc(F)c2C#N)cc1. The van der Waals surface area contributed by atoms with Gasteiger partial charge in [0.05, 0.1) is 13.5 Å². The van der Waals surface area contributed by atoms with Crippen molar-refractivity contribution in [3.63, 3.8) is 0 Å². The Labute approximate surface area is 143 Å². The van der Waals surface area contributed by atoms with Crippen LogP contribution in [0.3, 0.4) is 0 Å². The Hall–Kier alpha value is -3.40. The summed E-state index contributed by atoms with van der Waals surface area (Å²) < 4.78 is 23.5. The fourth-order valence-corrected chi connectivity index (χ4v) is 1.98. The Bertz CT molecular complexity index is 813. The lowest BCUT2D eigenvalue weighted by Gasteiger charge is -2.09. The van der Waals surface area contributed by atoms with Crippen molar-refractivity contribution in [3.05, 3.63) is 59.4 Å². The van der Waals surface area contributed by atoms with Gasteiger partial charge < -0.3 is 14.8 Å². The van der Waals surface area contributed by atoms with E-state index in [4.69, 9.17) is 10.00 Å². The molecule has 1 N–H and O–H groups in total. The Morgan fingerprint density at radius 1 is 1.20 bits per heavy atom. The van der Waals surface area contributed by atoms with Gasteiger partial charge in [0.25, 0.3) is 5.91 Å². The van der Waals surface area contributed by atoms with Crippen LogP contribution in [0.15, 0.2) is 42.5 Å². The fraction of sp³-hybridized carbons (Fsp3) is 0.167. The molecule has 2 aromatic rings. The van der Waals surface area contributed by atoms with E-state index < -0.39 is 11.8 Å². The third kappa shape index (κ3) is 4.78. The molecule has 0 aliphatic rings. The number of nitrogens with one attached hydrogen (secondary N) is 1. The monoisotopic (exact) mass is 342 g/mol. The van der Waals surface area contributed by atoms with E-state index in [1.54, 1.807) is 6.07 Å². The van der Waals surface area contributed by atoms with Crippen LogP contribution in [0.25, 0.3) is 0 Å². The summed E-state index contributed by atoms with van der Waals surface area (Å²) in [4.78, 5) is 22.9. The molecule has 0 heterocycles. The highest BCUT2D eigenvalue weighted by molar-refractivity contribution is 5.94. The highest BCUT2D eigenvalue weighted by Gasteiger charge is 2.11. The molecule has 7 heteroatoms. The van der Waals surface area contributed by atoms with Gasteiger partial charge >= 0.3 is 5.97 Å². The van der Waals surface area contributed by atoms with E-state index >= 15 is 0 Å². The van der Waals surface area contributed by atoms with Gasteiger partial charge in [0.15, 0.2) is 0 Å². The number of ether oxygens (including phenoxy) is 2. The first-order chi connectivity index (χ1) is 12.0. The summed E-state index contributed by atoms with van der Waals surface area (Å²) in [6.45, 7) is 0.165. The minimum Gasteiger partial charge on any atom is -0.469 e. The van der Waals surface area contributed by atoms with Crippen molar-refractivity contribution in [1.82, 2.24) is 5.32 Å². The quantitative estimate of drug-likeness (QED) is 0.816. The van der Waals surface area contributed by atoms with Gasteiger partial charge in [-0.15, -0.1) is 0 Å². The summed E-state index contributed by atoms with van der Waals surface area (Å²) in [5.41, 5.74) is 0.184. The molecule has 0 aliphatic carbocycles. The molecule has 0 unspecified atom stereocenters. The molecule has 0 radical (unpaired) electrons. The Kier molecular flexibility index (Phi) is 6.07. The Balaban J connectivity index is 2.01. The topological polar surface area (TPSA) is 88.4 Å². The standard InChI is InChI=1S/C18H15FN2O4/c1-24-17(22)9-10-21-18(23)12-5-7-13(8-6-12)25-16-4-2-3-15(19)14(16)11-20/h2-8H,9-10H2,1H3,(H,21,23). The number of benzene rings is 2. The van der Waals surface area contributed by atoms with E-state index in [1.807, 2.05) is 0 Å². The number of carbonyl (C=O) groups excluding carboxylic acids is 2. The first kappa shape index (κ1) is 17.9. The van der Waals surface area contributed by atoms with Gasteiger partial charge in [-0.05, 0) is 36.4 Å². The number of rotatable bonds is 6. The lowest BCUT2D eigenvalue weighted by molar-refractivity contribution is -0.140. The highest BCUT2D eigenvalue weighted by atomic mass is 19.1. The maximum Gasteiger partial charge on any atom is 0.307 e. The predicted molar refractivity (Wildman–Crippen MR) is 86.6 cm³/mol. The lowest BCUT2D eigenvalue weighted by atomic mass is 10.2. The van der Waals surface area contributed by atoms with Crippen molar-refractivity contribution < 1.29 is 23.5 Å². The van der Waals surface area contributed by atoms with Gasteiger partial charge in [-0.25, -0.2) is 4.39 Å². The molecular weight excluding hydrogens is 327 g/mol. The van der Waals surface area contributed by atoms with Crippen molar-refractivity contribution in [1.29, 1.82) is 5.26 Å². The zero-order valence-corrected chi connectivity index (χ0v) is 13.4. The average Bonchev–Trinajstić information content (AvgIpc) is 2.62. The summed E-state index contributed by atoms with van der Waals surface area (Å²) in [6, 6.07) is 11.9. The van der Waals surface area contributed by atoms with E-state index in [1.165, 1.54) is 49.6 Å². The van der Waals surface area contributed by atoms with Gasteiger partial charge in [-0.1, -0.05) is 6.07 Å². The van der Waals surface area contributed by atoms with Crippen molar-refractivity contribution in [2.24, 2.45) is 0 Å². The van der Waals surface area contributed by atoms with Crippen LogP contribution in [-0.4, -0.2) is 25.5 Å². The molecule has 6 nitrogen and oxygen atoms in total. The lowest BCUT2D eigenvalue weighted by Crippen LogP contribution is -2.26. The van der Waals surface area contributed by atoms with E-state index in [2.05, 4.69) is 10.1 Å². The Morgan fingerprint density at radius 3 is 2.56 bits per heavy atom.